The Balaban J connectivity index is 1.32. The van der Waals surface area contributed by atoms with Crippen LogP contribution in [0.15, 0.2) is 65.6 Å². The molecule has 1 aromatic heterocycles. The summed E-state index contributed by atoms with van der Waals surface area (Å²) >= 11 is 0. The Morgan fingerprint density at radius 3 is 2.37 bits per heavy atom. The predicted octanol–water partition coefficient (Wildman–Crippen LogP) is 4.45. The highest BCUT2D eigenvalue weighted by Crippen LogP contribution is 2.27. The highest BCUT2D eigenvalue weighted by molar-refractivity contribution is 7.89. The fourth-order valence-corrected chi connectivity index (χ4v) is 6.48. The van der Waals surface area contributed by atoms with E-state index in [4.69, 9.17) is 0 Å². The second kappa shape index (κ2) is 10.7. The fourth-order valence-electron chi connectivity index (χ4n) is 4.80. The second-order valence-corrected chi connectivity index (χ2v) is 11.7. The molecule has 1 saturated heterocycles. The van der Waals surface area contributed by atoms with Crippen molar-refractivity contribution in [2.24, 2.45) is 11.8 Å². The van der Waals surface area contributed by atoms with Crippen LogP contribution in [0.5, 0.6) is 0 Å². The number of amides is 1. The highest BCUT2D eigenvalue weighted by Gasteiger charge is 2.31. The molecule has 8 heteroatoms. The highest BCUT2D eigenvalue weighted by atomic mass is 32.2. The molecule has 7 nitrogen and oxygen atoms in total. The molecule has 1 amide bonds. The SMILES string of the molecule is CC1CC(C)CN(S(=O)(=O)c2ccc(C(=O)N(C)CCCc3cc(-c4ccccc4)n[nH]3)cc2)C1. The summed E-state index contributed by atoms with van der Waals surface area (Å²) in [6.45, 7) is 5.84. The Bertz CT molecular complexity index is 1230. The molecule has 0 bridgehead atoms. The van der Waals surface area contributed by atoms with E-state index in [-0.39, 0.29) is 10.8 Å². The van der Waals surface area contributed by atoms with Gasteiger partial charge >= 0.3 is 0 Å². The summed E-state index contributed by atoms with van der Waals surface area (Å²) in [5.74, 6) is 0.563. The molecule has 0 aliphatic carbocycles. The van der Waals surface area contributed by atoms with Crippen molar-refractivity contribution in [2.75, 3.05) is 26.7 Å². The summed E-state index contributed by atoms with van der Waals surface area (Å²) in [5.41, 5.74) is 3.49. The number of sulfonamides is 1. The molecule has 4 rings (SSSR count). The number of rotatable bonds is 8. The van der Waals surface area contributed by atoms with Crippen LogP contribution in [0.2, 0.25) is 0 Å². The average Bonchev–Trinajstić information content (AvgIpc) is 3.32. The van der Waals surface area contributed by atoms with Crippen molar-refractivity contribution in [1.29, 1.82) is 0 Å². The summed E-state index contributed by atoms with van der Waals surface area (Å²) in [5, 5.41) is 7.46. The minimum absolute atomic E-state index is 0.122. The van der Waals surface area contributed by atoms with E-state index in [0.717, 1.165) is 36.2 Å². The van der Waals surface area contributed by atoms with E-state index in [1.165, 1.54) is 0 Å². The van der Waals surface area contributed by atoms with Crippen molar-refractivity contribution in [2.45, 2.75) is 38.0 Å². The maximum absolute atomic E-state index is 13.1. The predicted molar refractivity (Wildman–Crippen MR) is 137 cm³/mol. The number of hydrogen-bond acceptors (Lipinski definition) is 4. The minimum atomic E-state index is -3.55. The topological polar surface area (TPSA) is 86.4 Å². The summed E-state index contributed by atoms with van der Waals surface area (Å²) in [4.78, 5) is 14.8. The molecule has 0 saturated carbocycles. The fraction of sp³-hybridized carbons (Fsp3) is 0.407. The molecule has 3 aromatic rings. The number of carbonyl (C=O) groups is 1. The van der Waals surface area contributed by atoms with Crippen LogP contribution in [0.4, 0.5) is 0 Å². The number of aromatic amines is 1. The lowest BCUT2D eigenvalue weighted by atomic mass is 9.94. The van der Waals surface area contributed by atoms with Gasteiger partial charge in [0.05, 0.1) is 10.6 Å². The van der Waals surface area contributed by atoms with E-state index in [9.17, 15) is 13.2 Å². The Morgan fingerprint density at radius 2 is 1.71 bits per heavy atom. The molecule has 1 aliphatic heterocycles. The van der Waals surface area contributed by atoms with Crippen LogP contribution in [0.3, 0.4) is 0 Å². The molecular formula is C27H34N4O3S. The van der Waals surface area contributed by atoms with Gasteiger partial charge in [-0.2, -0.15) is 9.40 Å². The zero-order valence-electron chi connectivity index (χ0n) is 20.6. The first-order chi connectivity index (χ1) is 16.7. The normalized spacial score (nSPS) is 18.9. The zero-order valence-corrected chi connectivity index (χ0v) is 21.5. The zero-order chi connectivity index (χ0) is 25.0. The number of nitrogens with zero attached hydrogens (tertiary/aromatic N) is 3. The van der Waals surface area contributed by atoms with E-state index in [1.807, 2.05) is 36.4 Å². The van der Waals surface area contributed by atoms with Crippen LogP contribution in [-0.4, -0.2) is 60.4 Å². The van der Waals surface area contributed by atoms with Gasteiger partial charge in [-0.15, -0.1) is 0 Å². The first kappa shape index (κ1) is 25.1. The van der Waals surface area contributed by atoms with Crippen LogP contribution < -0.4 is 0 Å². The van der Waals surface area contributed by atoms with Crippen molar-refractivity contribution in [3.63, 3.8) is 0 Å². The summed E-state index contributed by atoms with van der Waals surface area (Å²) < 4.78 is 27.7. The third-order valence-corrected chi connectivity index (χ3v) is 8.41. The van der Waals surface area contributed by atoms with Gasteiger partial charge in [-0.05, 0) is 61.4 Å². The molecule has 2 heterocycles. The van der Waals surface area contributed by atoms with E-state index in [0.29, 0.717) is 37.0 Å². The van der Waals surface area contributed by atoms with Crippen LogP contribution in [0.25, 0.3) is 11.3 Å². The molecule has 0 radical (unpaired) electrons. The molecule has 1 aliphatic rings. The lowest BCUT2D eigenvalue weighted by molar-refractivity contribution is 0.0793. The van der Waals surface area contributed by atoms with Crippen LogP contribution >= 0.6 is 0 Å². The van der Waals surface area contributed by atoms with Gasteiger partial charge in [-0.3, -0.25) is 9.89 Å². The standard InChI is InChI=1S/C27H34N4O3S/c1-20-16-21(2)19-31(18-20)35(33,34)25-13-11-23(12-14-25)27(32)30(3)15-7-10-24-17-26(29-28-24)22-8-5-4-6-9-22/h4-6,8-9,11-14,17,20-21H,7,10,15-16,18-19H2,1-3H3,(H,28,29). The quantitative estimate of drug-likeness (QED) is 0.501. The number of hydrogen-bond donors (Lipinski definition) is 1. The molecular weight excluding hydrogens is 460 g/mol. The van der Waals surface area contributed by atoms with Gasteiger partial charge < -0.3 is 4.90 Å². The molecule has 186 valence electrons. The first-order valence-corrected chi connectivity index (χ1v) is 13.6. The van der Waals surface area contributed by atoms with Gasteiger partial charge in [0.15, 0.2) is 0 Å². The Hall–Kier alpha value is -2.97. The van der Waals surface area contributed by atoms with Gasteiger partial charge in [-0.1, -0.05) is 44.2 Å². The summed E-state index contributed by atoms with van der Waals surface area (Å²) in [7, 11) is -1.78. The van der Waals surface area contributed by atoms with Crippen LogP contribution in [0, 0.1) is 11.8 Å². The monoisotopic (exact) mass is 494 g/mol. The van der Waals surface area contributed by atoms with E-state index in [2.05, 4.69) is 24.0 Å². The number of aryl methyl sites for hydroxylation is 1. The number of nitrogens with one attached hydrogen (secondary N) is 1. The molecule has 0 spiro atoms. The summed E-state index contributed by atoms with van der Waals surface area (Å²) in [6, 6.07) is 18.4. The maximum atomic E-state index is 13.1. The first-order valence-electron chi connectivity index (χ1n) is 12.2. The third-order valence-electron chi connectivity index (χ3n) is 6.56. The van der Waals surface area contributed by atoms with Crippen molar-refractivity contribution >= 4 is 15.9 Å². The molecule has 2 aromatic carbocycles. The Morgan fingerprint density at radius 1 is 1.06 bits per heavy atom. The number of benzene rings is 2. The van der Waals surface area contributed by atoms with Gasteiger partial charge in [0, 0.05) is 43.5 Å². The third kappa shape index (κ3) is 6.00. The van der Waals surface area contributed by atoms with Gasteiger partial charge in [-0.25, -0.2) is 8.42 Å². The average molecular weight is 495 g/mol. The molecule has 2 unspecified atom stereocenters. The van der Waals surface area contributed by atoms with Crippen LogP contribution in [-0.2, 0) is 16.4 Å². The van der Waals surface area contributed by atoms with E-state index < -0.39 is 10.0 Å². The van der Waals surface area contributed by atoms with Gasteiger partial charge in [0.2, 0.25) is 10.0 Å². The number of carbonyl (C=O) groups excluding carboxylic acids is 1. The summed E-state index contributed by atoms with van der Waals surface area (Å²) in [6.07, 6.45) is 2.61. The van der Waals surface area contributed by atoms with Crippen molar-refractivity contribution in [3.8, 4) is 11.3 Å². The smallest absolute Gasteiger partial charge is 0.253 e. The van der Waals surface area contributed by atoms with Crippen LogP contribution in [0.1, 0.15) is 42.7 Å². The second-order valence-electron chi connectivity index (χ2n) is 9.77. The minimum Gasteiger partial charge on any atom is -0.342 e. The van der Waals surface area contributed by atoms with Gasteiger partial charge in [0.1, 0.15) is 0 Å². The number of aromatic nitrogens is 2. The van der Waals surface area contributed by atoms with Gasteiger partial charge in [0.25, 0.3) is 5.91 Å². The van der Waals surface area contributed by atoms with Crippen molar-refractivity contribution < 1.29 is 13.2 Å². The molecule has 35 heavy (non-hydrogen) atoms. The lowest BCUT2D eigenvalue weighted by Gasteiger charge is -2.34. The van der Waals surface area contributed by atoms with E-state index >= 15 is 0 Å². The molecule has 1 fully saturated rings. The Labute approximate surface area is 208 Å². The van der Waals surface area contributed by atoms with E-state index in [1.54, 1.807) is 40.5 Å². The molecule has 1 N–H and O–H groups in total. The van der Waals surface area contributed by atoms with Crippen molar-refractivity contribution in [3.05, 3.63) is 71.9 Å². The van der Waals surface area contributed by atoms with Crippen molar-refractivity contribution in [1.82, 2.24) is 19.4 Å². The largest absolute Gasteiger partial charge is 0.342 e. The Kier molecular flexibility index (Phi) is 7.72. The number of piperidine rings is 1. The number of H-pyrrole nitrogens is 1. The molecule has 2 atom stereocenters. The maximum Gasteiger partial charge on any atom is 0.253 e. The lowest BCUT2D eigenvalue weighted by Crippen LogP contribution is -2.42.